The molecule has 0 radical (unpaired) electrons. The Hall–Kier alpha value is -0.990. The van der Waals surface area contributed by atoms with Crippen LogP contribution in [0, 0.1) is 5.92 Å². The van der Waals surface area contributed by atoms with Crippen molar-refractivity contribution in [3.63, 3.8) is 0 Å². The van der Waals surface area contributed by atoms with Crippen molar-refractivity contribution in [3.8, 4) is 5.75 Å². The van der Waals surface area contributed by atoms with Crippen molar-refractivity contribution in [2.24, 2.45) is 5.92 Å². The summed E-state index contributed by atoms with van der Waals surface area (Å²) in [5.74, 6) is 0.994. The Balaban J connectivity index is 2.99. The molecule has 0 saturated carbocycles. The van der Waals surface area contributed by atoms with Crippen LogP contribution in [0.1, 0.15) is 51.9 Å². The van der Waals surface area contributed by atoms with E-state index in [0.29, 0.717) is 11.7 Å². The Morgan fingerprint density at radius 1 is 1.19 bits per heavy atom. The highest BCUT2D eigenvalue weighted by Gasteiger charge is 2.16. The van der Waals surface area contributed by atoms with Gasteiger partial charge in [0.25, 0.3) is 0 Å². The first-order valence-electron chi connectivity index (χ1n) is 6.37. The fourth-order valence-electron chi connectivity index (χ4n) is 1.93. The molecule has 1 aromatic heterocycles. The first kappa shape index (κ1) is 13.1. The topological polar surface area (TPSA) is 38.0 Å². The van der Waals surface area contributed by atoms with Gasteiger partial charge in [-0.15, -0.1) is 0 Å². The summed E-state index contributed by atoms with van der Waals surface area (Å²) in [7, 11) is 0. The van der Waals surface area contributed by atoms with Gasteiger partial charge in [0.05, 0.1) is 5.69 Å². The van der Waals surface area contributed by atoms with Crippen LogP contribution in [-0.4, -0.2) is 14.9 Å². The quantitative estimate of drug-likeness (QED) is 0.806. The molecule has 0 aliphatic rings. The van der Waals surface area contributed by atoms with E-state index in [1.807, 2.05) is 4.68 Å². The van der Waals surface area contributed by atoms with Gasteiger partial charge in [-0.2, -0.15) is 5.10 Å². The second-order valence-corrected chi connectivity index (χ2v) is 4.82. The van der Waals surface area contributed by atoms with Crippen molar-refractivity contribution in [3.05, 3.63) is 11.4 Å². The zero-order valence-electron chi connectivity index (χ0n) is 11.0. The number of nitrogens with zero attached hydrogens (tertiary/aromatic N) is 2. The number of rotatable bonds is 6. The van der Waals surface area contributed by atoms with E-state index < -0.39 is 0 Å². The molecule has 0 aliphatic carbocycles. The maximum atomic E-state index is 10.1. The van der Waals surface area contributed by atoms with Gasteiger partial charge >= 0.3 is 0 Å². The third-order valence-corrected chi connectivity index (χ3v) is 2.61. The van der Waals surface area contributed by atoms with Crippen LogP contribution in [0.15, 0.2) is 0 Å². The summed E-state index contributed by atoms with van der Waals surface area (Å²) in [6.45, 7) is 9.49. The molecule has 0 saturated heterocycles. The van der Waals surface area contributed by atoms with E-state index in [1.165, 1.54) is 0 Å². The molecule has 16 heavy (non-hydrogen) atoms. The van der Waals surface area contributed by atoms with Crippen LogP contribution in [0.25, 0.3) is 0 Å². The lowest BCUT2D eigenvalue weighted by Gasteiger charge is -2.08. The number of hydrogen-bond acceptors (Lipinski definition) is 2. The fraction of sp³-hybridized carbons (Fsp3) is 0.769. The highest BCUT2D eigenvalue weighted by molar-refractivity contribution is 5.32. The molecule has 1 heterocycles. The minimum atomic E-state index is 0.435. The number of aromatic hydroxyl groups is 1. The predicted octanol–water partition coefficient (Wildman–Crippen LogP) is 3.15. The molecule has 1 rings (SSSR count). The molecule has 1 aromatic rings. The molecule has 0 fully saturated rings. The molecule has 0 aliphatic heterocycles. The van der Waals surface area contributed by atoms with Gasteiger partial charge in [0, 0.05) is 6.54 Å². The van der Waals surface area contributed by atoms with E-state index in [4.69, 9.17) is 0 Å². The van der Waals surface area contributed by atoms with E-state index in [1.54, 1.807) is 0 Å². The summed E-state index contributed by atoms with van der Waals surface area (Å²) in [6.07, 6.45) is 3.85. The van der Waals surface area contributed by atoms with Crippen LogP contribution >= 0.6 is 0 Å². The normalized spacial score (nSPS) is 11.3. The summed E-state index contributed by atoms with van der Waals surface area (Å²) in [6, 6.07) is 0. The van der Waals surface area contributed by atoms with Gasteiger partial charge in [-0.1, -0.05) is 40.5 Å². The molecule has 0 unspecified atom stereocenters. The molecule has 3 heteroatoms. The Morgan fingerprint density at radius 2 is 1.81 bits per heavy atom. The van der Waals surface area contributed by atoms with E-state index >= 15 is 0 Å². The van der Waals surface area contributed by atoms with Gasteiger partial charge in [0.2, 0.25) is 0 Å². The minimum absolute atomic E-state index is 0.435. The van der Waals surface area contributed by atoms with Crippen molar-refractivity contribution < 1.29 is 5.11 Å². The molecule has 0 spiro atoms. The van der Waals surface area contributed by atoms with Crippen LogP contribution in [0.4, 0.5) is 0 Å². The largest absolute Gasteiger partial charge is 0.504 e. The number of aromatic nitrogens is 2. The third kappa shape index (κ3) is 3.00. The first-order chi connectivity index (χ1) is 7.60. The van der Waals surface area contributed by atoms with Crippen LogP contribution < -0.4 is 0 Å². The standard InChI is InChI=1S/C13H24N2O/c1-5-7-11-13(16)12(8-6-2)15(14-11)9-10(3)4/h10,16H,5-9H2,1-4H3. The second-order valence-electron chi connectivity index (χ2n) is 4.82. The summed E-state index contributed by atoms with van der Waals surface area (Å²) in [5.41, 5.74) is 1.88. The van der Waals surface area contributed by atoms with E-state index in [0.717, 1.165) is 43.6 Å². The maximum absolute atomic E-state index is 10.1. The van der Waals surface area contributed by atoms with E-state index in [2.05, 4.69) is 32.8 Å². The van der Waals surface area contributed by atoms with Crippen LogP contribution in [0.2, 0.25) is 0 Å². The van der Waals surface area contributed by atoms with Crippen molar-refractivity contribution >= 4 is 0 Å². The summed E-state index contributed by atoms with van der Waals surface area (Å²) < 4.78 is 1.99. The van der Waals surface area contributed by atoms with Crippen LogP contribution in [0.3, 0.4) is 0 Å². The minimum Gasteiger partial charge on any atom is -0.504 e. The monoisotopic (exact) mass is 224 g/mol. The molecule has 3 nitrogen and oxygen atoms in total. The smallest absolute Gasteiger partial charge is 0.160 e. The van der Waals surface area contributed by atoms with Gasteiger partial charge in [0.1, 0.15) is 5.69 Å². The molecule has 0 atom stereocenters. The lowest BCUT2D eigenvalue weighted by Crippen LogP contribution is -2.10. The first-order valence-corrected chi connectivity index (χ1v) is 6.37. The molecule has 92 valence electrons. The van der Waals surface area contributed by atoms with Crippen molar-refractivity contribution in [1.82, 2.24) is 9.78 Å². The Labute approximate surface area is 98.5 Å². The van der Waals surface area contributed by atoms with Gasteiger partial charge in [-0.25, -0.2) is 0 Å². The van der Waals surface area contributed by atoms with Gasteiger partial charge < -0.3 is 5.11 Å². The molecule has 0 aromatic carbocycles. The van der Waals surface area contributed by atoms with Crippen LogP contribution in [0.5, 0.6) is 5.75 Å². The summed E-state index contributed by atoms with van der Waals surface area (Å²) >= 11 is 0. The highest BCUT2D eigenvalue weighted by Crippen LogP contribution is 2.25. The lowest BCUT2D eigenvalue weighted by atomic mass is 10.1. The Bertz CT molecular complexity index is 329. The highest BCUT2D eigenvalue weighted by atomic mass is 16.3. The Morgan fingerprint density at radius 3 is 2.31 bits per heavy atom. The SMILES string of the molecule is CCCc1nn(CC(C)C)c(CCC)c1O. The van der Waals surface area contributed by atoms with Crippen molar-refractivity contribution in [2.75, 3.05) is 0 Å². The summed E-state index contributed by atoms with van der Waals surface area (Å²) in [5, 5.41) is 14.6. The van der Waals surface area contributed by atoms with Crippen molar-refractivity contribution in [2.45, 2.75) is 59.9 Å². The van der Waals surface area contributed by atoms with E-state index in [9.17, 15) is 5.11 Å². The van der Waals surface area contributed by atoms with Gasteiger partial charge in [-0.05, 0) is 18.8 Å². The van der Waals surface area contributed by atoms with E-state index in [-0.39, 0.29) is 0 Å². The summed E-state index contributed by atoms with van der Waals surface area (Å²) in [4.78, 5) is 0. The predicted molar refractivity (Wildman–Crippen MR) is 66.7 cm³/mol. The maximum Gasteiger partial charge on any atom is 0.160 e. The average molecular weight is 224 g/mol. The Kier molecular flexibility index (Phi) is 4.84. The molecule has 0 bridgehead atoms. The third-order valence-electron chi connectivity index (χ3n) is 2.61. The van der Waals surface area contributed by atoms with Crippen LogP contribution in [-0.2, 0) is 19.4 Å². The molecular weight excluding hydrogens is 200 g/mol. The van der Waals surface area contributed by atoms with Crippen molar-refractivity contribution in [1.29, 1.82) is 0 Å². The second kappa shape index (κ2) is 5.92. The zero-order valence-corrected chi connectivity index (χ0v) is 11.0. The average Bonchev–Trinajstić information content (AvgIpc) is 2.47. The fourth-order valence-corrected chi connectivity index (χ4v) is 1.93. The lowest BCUT2D eigenvalue weighted by molar-refractivity contribution is 0.442. The number of hydrogen-bond donors (Lipinski definition) is 1. The molecule has 0 amide bonds. The molecular formula is C13H24N2O. The zero-order chi connectivity index (χ0) is 12.1. The molecule has 1 N–H and O–H groups in total. The van der Waals surface area contributed by atoms with Gasteiger partial charge in [0.15, 0.2) is 5.75 Å². The van der Waals surface area contributed by atoms with Gasteiger partial charge in [-0.3, -0.25) is 4.68 Å². The number of aryl methyl sites for hydroxylation is 1.